The first-order chi connectivity index (χ1) is 8.38. The molecule has 1 fully saturated rings. The molecule has 1 aliphatic carbocycles. The highest BCUT2D eigenvalue weighted by Gasteiger charge is 2.24. The van der Waals surface area contributed by atoms with E-state index in [1.807, 2.05) is 18.8 Å². The fraction of sp³-hybridized carbons (Fsp3) is 0.692. The van der Waals surface area contributed by atoms with Crippen LogP contribution in [0.1, 0.15) is 48.0 Å². The van der Waals surface area contributed by atoms with Crippen LogP contribution in [0.4, 0.5) is 5.82 Å². The Kier molecular flexibility index (Phi) is 3.23. The maximum Gasteiger partial charge on any atom is 0.143 e. The Labute approximate surface area is 107 Å². The van der Waals surface area contributed by atoms with Crippen LogP contribution in [-0.2, 0) is 12.8 Å². The largest absolute Gasteiger partial charge is 0.373 e. The molecule has 0 bridgehead atoms. The van der Waals surface area contributed by atoms with Crippen LogP contribution in [0.3, 0.4) is 0 Å². The first-order valence-corrected chi connectivity index (χ1v) is 7.62. The Balaban J connectivity index is 1.94. The summed E-state index contributed by atoms with van der Waals surface area (Å²) in [4.78, 5) is 9.56. The molecule has 0 radical (unpaired) electrons. The summed E-state index contributed by atoms with van der Waals surface area (Å²) in [6.45, 7) is 0. The van der Waals surface area contributed by atoms with Gasteiger partial charge in [-0.25, -0.2) is 9.97 Å². The molecule has 92 valence electrons. The van der Waals surface area contributed by atoms with Crippen molar-refractivity contribution in [2.45, 2.75) is 43.8 Å². The van der Waals surface area contributed by atoms with Crippen LogP contribution < -0.4 is 5.32 Å². The fourth-order valence-corrected chi connectivity index (χ4v) is 3.99. The zero-order valence-electron chi connectivity index (χ0n) is 10.3. The molecule has 4 heteroatoms. The Hall–Kier alpha value is -0.770. The van der Waals surface area contributed by atoms with Gasteiger partial charge in [0.1, 0.15) is 11.6 Å². The zero-order chi connectivity index (χ0) is 11.7. The standard InChI is InChI=1S/C13H19N3S/c1-14-12-9-5-4-6-10(9)15-13(16-12)11-7-2-3-8-17-11/h11H,2-8H2,1H3,(H,14,15,16). The SMILES string of the molecule is CNc1nc(C2CCCCS2)nc2c1CCC2. The summed E-state index contributed by atoms with van der Waals surface area (Å²) >= 11 is 2.03. The highest BCUT2D eigenvalue weighted by atomic mass is 32.2. The van der Waals surface area contributed by atoms with E-state index >= 15 is 0 Å². The summed E-state index contributed by atoms with van der Waals surface area (Å²) in [6.07, 6.45) is 7.44. The summed E-state index contributed by atoms with van der Waals surface area (Å²) < 4.78 is 0. The van der Waals surface area contributed by atoms with Gasteiger partial charge in [-0.05, 0) is 37.9 Å². The van der Waals surface area contributed by atoms with Crippen molar-refractivity contribution >= 4 is 17.6 Å². The number of fused-ring (bicyclic) bond motifs is 1. The lowest BCUT2D eigenvalue weighted by Gasteiger charge is -2.21. The summed E-state index contributed by atoms with van der Waals surface area (Å²) in [5.41, 5.74) is 2.66. The first-order valence-electron chi connectivity index (χ1n) is 6.57. The molecular formula is C13H19N3S. The molecule has 1 aliphatic heterocycles. The highest BCUT2D eigenvalue weighted by Crippen LogP contribution is 2.38. The summed E-state index contributed by atoms with van der Waals surface area (Å²) in [5, 5.41) is 3.78. The predicted octanol–water partition coefficient (Wildman–Crippen LogP) is 2.97. The maximum atomic E-state index is 4.81. The van der Waals surface area contributed by atoms with Crippen LogP contribution in [0.15, 0.2) is 0 Å². The smallest absolute Gasteiger partial charge is 0.143 e. The van der Waals surface area contributed by atoms with Gasteiger partial charge < -0.3 is 5.32 Å². The third-order valence-electron chi connectivity index (χ3n) is 3.65. The number of hydrogen-bond acceptors (Lipinski definition) is 4. The lowest BCUT2D eigenvalue weighted by atomic mass is 10.1. The third kappa shape index (κ3) is 2.15. The van der Waals surface area contributed by atoms with Crippen molar-refractivity contribution in [1.82, 2.24) is 9.97 Å². The molecule has 0 spiro atoms. The van der Waals surface area contributed by atoms with E-state index in [9.17, 15) is 0 Å². The molecule has 1 N–H and O–H groups in total. The van der Waals surface area contributed by atoms with Gasteiger partial charge in [0.05, 0.1) is 5.25 Å². The highest BCUT2D eigenvalue weighted by molar-refractivity contribution is 7.99. The lowest BCUT2D eigenvalue weighted by Crippen LogP contribution is -2.11. The van der Waals surface area contributed by atoms with Gasteiger partial charge in [0.15, 0.2) is 0 Å². The fourth-order valence-electron chi connectivity index (χ4n) is 2.75. The second-order valence-electron chi connectivity index (χ2n) is 4.81. The number of thioether (sulfide) groups is 1. The number of nitrogens with zero attached hydrogens (tertiary/aromatic N) is 2. The maximum absolute atomic E-state index is 4.81. The number of hydrogen-bond donors (Lipinski definition) is 1. The minimum Gasteiger partial charge on any atom is -0.373 e. The molecule has 1 saturated heterocycles. The van der Waals surface area contributed by atoms with Crippen LogP contribution in [0, 0.1) is 0 Å². The summed E-state index contributed by atoms with van der Waals surface area (Å²) in [5.74, 6) is 3.41. The normalized spacial score (nSPS) is 23.5. The van der Waals surface area contributed by atoms with E-state index in [2.05, 4.69) is 5.32 Å². The lowest BCUT2D eigenvalue weighted by molar-refractivity contribution is 0.659. The molecule has 3 rings (SSSR count). The van der Waals surface area contributed by atoms with Gasteiger partial charge in [0, 0.05) is 18.3 Å². The second kappa shape index (κ2) is 4.84. The van der Waals surface area contributed by atoms with Gasteiger partial charge in [-0.15, -0.1) is 0 Å². The van der Waals surface area contributed by atoms with Gasteiger partial charge in [0.2, 0.25) is 0 Å². The molecule has 0 amide bonds. The van der Waals surface area contributed by atoms with Crippen molar-refractivity contribution in [3.8, 4) is 0 Å². The zero-order valence-corrected chi connectivity index (χ0v) is 11.1. The van der Waals surface area contributed by atoms with Gasteiger partial charge in [-0.3, -0.25) is 0 Å². The van der Waals surface area contributed by atoms with E-state index < -0.39 is 0 Å². The Morgan fingerprint density at radius 1 is 1.18 bits per heavy atom. The summed E-state index contributed by atoms with van der Waals surface area (Å²) in [6, 6.07) is 0. The number of aryl methyl sites for hydroxylation is 1. The predicted molar refractivity (Wildman–Crippen MR) is 72.7 cm³/mol. The van der Waals surface area contributed by atoms with Crippen LogP contribution >= 0.6 is 11.8 Å². The average Bonchev–Trinajstić information content (AvgIpc) is 2.86. The Morgan fingerprint density at radius 3 is 2.88 bits per heavy atom. The molecule has 3 nitrogen and oxygen atoms in total. The molecule has 1 aromatic rings. The van der Waals surface area contributed by atoms with Crippen molar-refractivity contribution in [3.63, 3.8) is 0 Å². The topological polar surface area (TPSA) is 37.8 Å². The Bertz CT molecular complexity index is 413. The Morgan fingerprint density at radius 2 is 2.12 bits per heavy atom. The van der Waals surface area contributed by atoms with Gasteiger partial charge in [-0.1, -0.05) is 6.42 Å². The summed E-state index contributed by atoms with van der Waals surface area (Å²) in [7, 11) is 1.97. The van der Waals surface area contributed by atoms with E-state index in [1.54, 1.807) is 0 Å². The minimum absolute atomic E-state index is 0.529. The minimum atomic E-state index is 0.529. The number of anilines is 1. The van der Waals surface area contributed by atoms with Crippen molar-refractivity contribution in [1.29, 1.82) is 0 Å². The van der Waals surface area contributed by atoms with Gasteiger partial charge >= 0.3 is 0 Å². The molecule has 2 heterocycles. The van der Waals surface area contributed by atoms with E-state index in [0.29, 0.717) is 5.25 Å². The van der Waals surface area contributed by atoms with Crippen LogP contribution in [0.25, 0.3) is 0 Å². The van der Waals surface area contributed by atoms with E-state index in [4.69, 9.17) is 9.97 Å². The van der Waals surface area contributed by atoms with E-state index in [-0.39, 0.29) is 0 Å². The van der Waals surface area contributed by atoms with E-state index in [0.717, 1.165) is 24.5 Å². The molecule has 17 heavy (non-hydrogen) atoms. The molecule has 1 atom stereocenters. The molecule has 1 unspecified atom stereocenters. The second-order valence-corrected chi connectivity index (χ2v) is 6.13. The van der Waals surface area contributed by atoms with Crippen molar-refractivity contribution in [2.24, 2.45) is 0 Å². The average molecular weight is 249 g/mol. The van der Waals surface area contributed by atoms with Gasteiger partial charge in [-0.2, -0.15) is 11.8 Å². The number of rotatable bonds is 2. The van der Waals surface area contributed by atoms with Crippen molar-refractivity contribution in [3.05, 3.63) is 17.1 Å². The quantitative estimate of drug-likeness (QED) is 0.874. The van der Waals surface area contributed by atoms with Gasteiger partial charge in [0.25, 0.3) is 0 Å². The van der Waals surface area contributed by atoms with Crippen molar-refractivity contribution < 1.29 is 0 Å². The molecule has 0 aromatic carbocycles. The molecular weight excluding hydrogens is 230 g/mol. The molecule has 2 aliphatic rings. The van der Waals surface area contributed by atoms with Crippen molar-refractivity contribution in [2.75, 3.05) is 18.1 Å². The van der Waals surface area contributed by atoms with E-state index in [1.165, 1.54) is 42.7 Å². The molecule has 1 aromatic heterocycles. The van der Waals surface area contributed by atoms with Crippen LogP contribution in [-0.4, -0.2) is 22.8 Å². The number of aromatic nitrogens is 2. The van der Waals surface area contributed by atoms with Crippen LogP contribution in [0.2, 0.25) is 0 Å². The third-order valence-corrected chi connectivity index (χ3v) is 5.03. The van der Waals surface area contributed by atoms with Crippen LogP contribution in [0.5, 0.6) is 0 Å². The molecule has 0 saturated carbocycles. The monoisotopic (exact) mass is 249 g/mol. The first kappa shape index (κ1) is 11.3. The number of nitrogens with one attached hydrogen (secondary N) is 1.